The van der Waals surface area contributed by atoms with Crippen LogP contribution in [0.1, 0.15) is 23.7 Å². The number of primary amides is 1. The van der Waals surface area contributed by atoms with Crippen LogP contribution in [0, 0.1) is 11.7 Å². The van der Waals surface area contributed by atoms with Crippen LogP contribution in [-0.4, -0.2) is 43.8 Å². The summed E-state index contributed by atoms with van der Waals surface area (Å²) in [6.45, 7) is 5.38. The molecular weight excluding hydrogens is 368 g/mol. The lowest BCUT2D eigenvalue weighted by Crippen LogP contribution is -2.31. The molecule has 0 aliphatic carbocycles. The molecule has 0 radical (unpaired) electrons. The molecule has 27 heavy (non-hydrogen) atoms. The van der Waals surface area contributed by atoms with E-state index in [-0.39, 0.29) is 16.5 Å². The number of nitrogens with two attached hydrogens (primary N) is 1. The topological polar surface area (TPSA) is 92.4 Å². The van der Waals surface area contributed by atoms with Gasteiger partial charge in [-0.15, -0.1) is 9.24 Å². The summed E-state index contributed by atoms with van der Waals surface area (Å²) in [5.74, 6) is -0.872. The van der Waals surface area contributed by atoms with Crippen LogP contribution in [-0.2, 0) is 0 Å². The quantitative estimate of drug-likeness (QED) is 0.616. The molecule has 2 atom stereocenters. The molecule has 3 rings (SSSR count). The number of nitrogens with zero attached hydrogens (tertiary/aromatic N) is 2. The van der Waals surface area contributed by atoms with Gasteiger partial charge in [-0.1, -0.05) is 6.92 Å². The molecule has 1 aromatic heterocycles. The van der Waals surface area contributed by atoms with Crippen molar-refractivity contribution in [1.82, 2.24) is 9.99 Å². The van der Waals surface area contributed by atoms with Crippen LogP contribution in [0.2, 0.25) is 0 Å². The molecule has 2 unspecified atom stereocenters. The minimum Gasteiger partial charge on any atom is -0.368 e. The van der Waals surface area contributed by atoms with Crippen LogP contribution in [0.5, 0.6) is 0 Å². The van der Waals surface area contributed by atoms with Crippen molar-refractivity contribution in [3.8, 4) is 0 Å². The summed E-state index contributed by atoms with van der Waals surface area (Å²) in [7, 11) is 4.10. The molecule has 1 aromatic carbocycles. The van der Waals surface area contributed by atoms with Crippen molar-refractivity contribution >= 4 is 37.0 Å². The number of aromatic nitrogens is 1. The van der Waals surface area contributed by atoms with Gasteiger partial charge in [0.05, 0.1) is 11.1 Å². The molecule has 7 nitrogen and oxygen atoms in total. The first-order valence-corrected chi connectivity index (χ1v) is 9.57. The van der Waals surface area contributed by atoms with E-state index in [4.69, 9.17) is 5.73 Å². The number of benzene rings is 1. The lowest BCUT2D eigenvalue weighted by molar-refractivity contribution is 0.0999. The minimum absolute atomic E-state index is 0.115. The molecule has 1 aliphatic rings. The van der Waals surface area contributed by atoms with Crippen LogP contribution in [0.25, 0.3) is 10.9 Å². The minimum atomic E-state index is -0.841. The maximum atomic E-state index is 15.5. The second-order valence-electron chi connectivity index (χ2n) is 6.76. The van der Waals surface area contributed by atoms with Gasteiger partial charge in [0, 0.05) is 26.3 Å². The first kappa shape index (κ1) is 19.6. The van der Waals surface area contributed by atoms with Crippen molar-refractivity contribution in [1.29, 1.82) is 0 Å². The smallest absolute Gasteiger partial charge is 0.254 e. The van der Waals surface area contributed by atoms with Gasteiger partial charge in [-0.2, -0.15) is 0 Å². The van der Waals surface area contributed by atoms with E-state index in [0.717, 1.165) is 32.6 Å². The standard InChI is InChI=1S/C18H25FN5O2P/c1-3-22-7-10-4-5-23(8-10)16-13(27)6-11-15(14(16)19)24(21-2)9-12(17(11)25)18(20)26/h6,9-10,21-22H,3-5,7-8,27H2,1-2H3,(H2,20,26). The third-order valence-corrected chi connectivity index (χ3v) is 5.46. The van der Waals surface area contributed by atoms with E-state index in [0.29, 0.717) is 16.9 Å². The predicted molar refractivity (Wildman–Crippen MR) is 110 cm³/mol. The largest absolute Gasteiger partial charge is 0.368 e. The highest BCUT2D eigenvalue weighted by Crippen LogP contribution is 2.30. The molecule has 0 spiro atoms. The zero-order chi connectivity index (χ0) is 19.7. The first-order valence-electron chi connectivity index (χ1n) is 8.99. The van der Waals surface area contributed by atoms with E-state index in [2.05, 4.69) is 26.9 Å². The Morgan fingerprint density at radius 1 is 1.48 bits per heavy atom. The Kier molecular flexibility index (Phi) is 5.67. The van der Waals surface area contributed by atoms with Crippen LogP contribution in [0.3, 0.4) is 0 Å². The van der Waals surface area contributed by atoms with Gasteiger partial charge in [0.15, 0.2) is 5.82 Å². The molecule has 0 bridgehead atoms. The summed E-state index contributed by atoms with van der Waals surface area (Å²) in [5.41, 5.74) is 7.94. The summed E-state index contributed by atoms with van der Waals surface area (Å²) in [5, 5.41) is 4.05. The average Bonchev–Trinajstić information content (AvgIpc) is 3.09. The number of anilines is 1. The molecule has 2 aromatic rings. The fourth-order valence-electron chi connectivity index (χ4n) is 3.68. The Morgan fingerprint density at radius 3 is 2.85 bits per heavy atom. The number of hydrogen-bond donors (Lipinski definition) is 3. The van der Waals surface area contributed by atoms with Gasteiger partial charge in [0.1, 0.15) is 11.1 Å². The summed E-state index contributed by atoms with van der Waals surface area (Å²) in [6.07, 6.45) is 2.23. The number of fused-ring (bicyclic) bond motifs is 1. The van der Waals surface area contributed by atoms with E-state index in [1.165, 1.54) is 10.9 Å². The Bertz CT molecular complexity index is 946. The zero-order valence-electron chi connectivity index (χ0n) is 15.5. The SMILES string of the molecule is CCNCC1CCN(c2c(P)cc3c(=O)c(C(N)=O)cn(NC)c3c2F)C1. The fraction of sp³-hybridized carbons (Fsp3) is 0.444. The summed E-state index contributed by atoms with van der Waals surface area (Å²) >= 11 is 0. The van der Waals surface area contributed by atoms with E-state index in [1.54, 1.807) is 13.1 Å². The van der Waals surface area contributed by atoms with Crippen molar-refractivity contribution in [3.05, 3.63) is 33.9 Å². The van der Waals surface area contributed by atoms with Gasteiger partial charge in [-0.25, -0.2) is 4.39 Å². The van der Waals surface area contributed by atoms with Crippen LogP contribution < -0.4 is 32.1 Å². The Morgan fingerprint density at radius 2 is 2.22 bits per heavy atom. The normalized spacial score (nSPS) is 16.9. The Labute approximate surface area is 159 Å². The molecule has 2 heterocycles. The summed E-state index contributed by atoms with van der Waals surface area (Å²) in [4.78, 5) is 26.2. The van der Waals surface area contributed by atoms with Gasteiger partial charge in [-0.05, 0) is 36.8 Å². The van der Waals surface area contributed by atoms with Crippen molar-refractivity contribution in [2.75, 3.05) is 43.6 Å². The second kappa shape index (κ2) is 7.82. The number of carbonyl (C=O) groups is 1. The molecule has 146 valence electrons. The number of amides is 1. The highest BCUT2D eigenvalue weighted by molar-refractivity contribution is 7.28. The molecule has 1 fully saturated rings. The Hall–Kier alpha value is -2.18. The summed E-state index contributed by atoms with van der Waals surface area (Å²) < 4.78 is 16.9. The van der Waals surface area contributed by atoms with Crippen molar-refractivity contribution < 1.29 is 9.18 Å². The highest BCUT2D eigenvalue weighted by atomic mass is 31.0. The maximum Gasteiger partial charge on any atom is 0.254 e. The highest BCUT2D eigenvalue weighted by Gasteiger charge is 2.28. The third-order valence-electron chi connectivity index (χ3n) is 5.02. The number of pyridine rings is 1. The first-order chi connectivity index (χ1) is 12.9. The number of hydrogen-bond acceptors (Lipinski definition) is 5. The molecule has 1 amide bonds. The van der Waals surface area contributed by atoms with E-state index < -0.39 is 17.2 Å². The van der Waals surface area contributed by atoms with E-state index in [1.807, 2.05) is 4.90 Å². The fourth-order valence-corrected chi connectivity index (χ4v) is 4.16. The molecule has 1 saturated heterocycles. The number of carbonyl (C=O) groups excluding carboxylic acids is 1. The van der Waals surface area contributed by atoms with Crippen molar-refractivity contribution in [3.63, 3.8) is 0 Å². The lowest BCUT2D eigenvalue weighted by atomic mass is 10.1. The monoisotopic (exact) mass is 393 g/mol. The molecule has 4 N–H and O–H groups in total. The predicted octanol–water partition coefficient (Wildman–Crippen LogP) is 0.349. The molecular formula is C18H25FN5O2P. The molecule has 1 aliphatic heterocycles. The third kappa shape index (κ3) is 3.51. The zero-order valence-corrected chi connectivity index (χ0v) is 16.7. The summed E-state index contributed by atoms with van der Waals surface area (Å²) in [6, 6.07) is 1.61. The van der Waals surface area contributed by atoms with Gasteiger partial charge in [0.25, 0.3) is 5.91 Å². The van der Waals surface area contributed by atoms with Gasteiger partial charge < -0.3 is 21.4 Å². The van der Waals surface area contributed by atoms with Crippen molar-refractivity contribution in [2.24, 2.45) is 11.7 Å². The Balaban J connectivity index is 2.13. The second-order valence-corrected chi connectivity index (χ2v) is 7.38. The lowest BCUT2D eigenvalue weighted by Gasteiger charge is -2.24. The van der Waals surface area contributed by atoms with Crippen LogP contribution >= 0.6 is 9.24 Å². The van der Waals surface area contributed by atoms with Gasteiger partial charge in [0.2, 0.25) is 5.43 Å². The molecule has 9 heteroatoms. The van der Waals surface area contributed by atoms with E-state index >= 15 is 4.39 Å². The number of nitrogens with one attached hydrogen (secondary N) is 2. The number of halogens is 1. The van der Waals surface area contributed by atoms with E-state index in [9.17, 15) is 9.59 Å². The van der Waals surface area contributed by atoms with Crippen LogP contribution in [0.15, 0.2) is 17.1 Å². The number of rotatable bonds is 6. The van der Waals surface area contributed by atoms with Crippen molar-refractivity contribution in [2.45, 2.75) is 13.3 Å². The van der Waals surface area contributed by atoms with Gasteiger partial charge >= 0.3 is 0 Å². The van der Waals surface area contributed by atoms with Gasteiger partial charge in [-0.3, -0.25) is 14.3 Å². The maximum absolute atomic E-state index is 15.5. The van der Waals surface area contributed by atoms with Crippen LogP contribution in [0.4, 0.5) is 10.1 Å². The molecule has 0 saturated carbocycles. The average molecular weight is 393 g/mol.